The van der Waals surface area contributed by atoms with Crippen LogP contribution in [-0.4, -0.2) is 32.6 Å². The first-order valence-electron chi connectivity index (χ1n) is 5.22. The summed E-state index contributed by atoms with van der Waals surface area (Å²) in [5, 5.41) is 28.2. The number of hydrogen-bond donors (Lipinski definition) is 3. The number of aliphatic hydroxyl groups is 3. The lowest BCUT2D eigenvalue weighted by atomic mass is 10.2. The van der Waals surface area contributed by atoms with E-state index in [4.69, 9.17) is 10.2 Å². The minimum Gasteiger partial charge on any atom is -0.394 e. The Balaban J connectivity index is 2.34. The van der Waals surface area contributed by atoms with E-state index in [1.807, 2.05) is 35.0 Å². The first-order chi connectivity index (χ1) is 7.74. The van der Waals surface area contributed by atoms with Crippen LogP contribution in [0.5, 0.6) is 0 Å². The van der Waals surface area contributed by atoms with Gasteiger partial charge in [0, 0.05) is 11.7 Å². The molecule has 0 radical (unpaired) electrons. The maximum atomic E-state index is 9.38. The van der Waals surface area contributed by atoms with Crippen molar-refractivity contribution < 1.29 is 15.3 Å². The summed E-state index contributed by atoms with van der Waals surface area (Å²) in [7, 11) is 0. The zero-order valence-corrected chi connectivity index (χ0v) is 8.87. The molecule has 2 aromatic rings. The molecule has 0 spiro atoms. The first-order valence-corrected chi connectivity index (χ1v) is 5.22. The predicted molar refractivity (Wildman–Crippen MR) is 61.0 cm³/mol. The molecule has 4 nitrogen and oxygen atoms in total. The van der Waals surface area contributed by atoms with Gasteiger partial charge in [0.2, 0.25) is 0 Å². The Morgan fingerprint density at radius 3 is 2.69 bits per heavy atom. The van der Waals surface area contributed by atoms with E-state index in [2.05, 4.69) is 0 Å². The van der Waals surface area contributed by atoms with Gasteiger partial charge < -0.3 is 19.9 Å². The van der Waals surface area contributed by atoms with Crippen molar-refractivity contribution in [2.75, 3.05) is 6.61 Å². The fourth-order valence-electron chi connectivity index (χ4n) is 1.79. The number of aliphatic hydroxyl groups excluding tert-OH is 3. The lowest BCUT2D eigenvalue weighted by molar-refractivity contribution is 0.0822. The quantitative estimate of drug-likeness (QED) is 0.704. The average Bonchev–Trinajstić information content (AvgIpc) is 2.71. The summed E-state index contributed by atoms with van der Waals surface area (Å²) in [6, 6.07) is 7.60. The summed E-state index contributed by atoms with van der Waals surface area (Å²) in [5.74, 6) is 0. The fourth-order valence-corrected chi connectivity index (χ4v) is 1.79. The van der Waals surface area contributed by atoms with E-state index in [0.717, 1.165) is 16.5 Å². The molecule has 86 valence electrons. The van der Waals surface area contributed by atoms with Crippen molar-refractivity contribution in [2.24, 2.45) is 0 Å². The zero-order chi connectivity index (χ0) is 11.5. The zero-order valence-electron chi connectivity index (χ0n) is 8.87. The van der Waals surface area contributed by atoms with Crippen molar-refractivity contribution in [1.29, 1.82) is 0 Å². The Hall–Kier alpha value is -1.36. The van der Waals surface area contributed by atoms with Crippen molar-refractivity contribution in [3.05, 3.63) is 36.0 Å². The van der Waals surface area contributed by atoms with Crippen LogP contribution in [0.25, 0.3) is 10.9 Å². The number of hydrogen-bond acceptors (Lipinski definition) is 3. The smallest absolute Gasteiger partial charge is 0.0949 e. The Morgan fingerprint density at radius 2 is 2.00 bits per heavy atom. The molecule has 1 aromatic carbocycles. The number of benzene rings is 1. The minimum absolute atomic E-state index is 0.0282. The molecule has 0 saturated carbocycles. The van der Waals surface area contributed by atoms with Gasteiger partial charge in [-0.3, -0.25) is 0 Å². The third-order valence-electron chi connectivity index (χ3n) is 2.64. The van der Waals surface area contributed by atoms with Crippen molar-refractivity contribution >= 4 is 10.9 Å². The van der Waals surface area contributed by atoms with Gasteiger partial charge in [-0.25, -0.2) is 0 Å². The number of aromatic nitrogens is 1. The standard InChI is InChI=1S/C12H15NO3/c14-7-9-1-2-12-10(5-9)3-4-13(12)6-11(16)8-15/h1-5,11,14-16H,6-8H2. The second-order valence-corrected chi connectivity index (χ2v) is 3.86. The van der Waals surface area contributed by atoms with Gasteiger partial charge in [0.05, 0.1) is 25.9 Å². The van der Waals surface area contributed by atoms with Gasteiger partial charge in [0.15, 0.2) is 0 Å². The largest absolute Gasteiger partial charge is 0.394 e. The van der Waals surface area contributed by atoms with Crippen LogP contribution < -0.4 is 0 Å². The molecule has 0 aliphatic heterocycles. The normalized spacial score (nSPS) is 13.2. The predicted octanol–water partition coefficient (Wildman–Crippen LogP) is 0.487. The lowest BCUT2D eigenvalue weighted by Crippen LogP contribution is -2.19. The van der Waals surface area contributed by atoms with Crippen LogP contribution in [0.2, 0.25) is 0 Å². The third kappa shape index (κ3) is 2.09. The second-order valence-electron chi connectivity index (χ2n) is 3.86. The first kappa shape index (κ1) is 11.1. The average molecular weight is 221 g/mol. The van der Waals surface area contributed by atoms with E-state index in [1.165, 1.54) is 0 Å². The van der Waals surface area contributed by atoms with Gasteiger partial charge in [-0.2, -0.15) is 0 Å². The lowest BCUT2D eigenvalue weighted by Gasteiger charge is -2.09. The molecule has 1 heterocycles. The summed E-state index contributed by atoms with van der Waals surface area (Å²) < 4.78 is 1.89. The second kappa shape index (κ2) is 4.65. The highest BCUT2D eigenvalue weighted by molar-refractivity contribution is 5.80. The molecule has 0 aliphatic rings. The van der Waals surface area contributed by atoms with E-state index in [-0.39, 0.29) is 13.2 Å². The molecule has 4 heteroatoms. The van der Waals surface area contributed by atoms with E-state index in [9.17, 15) is 5.11 Å². The molecule has 1 unspecified atom stereocenters. The monoisotopic (exact) mass is 221 g/mol. The van der Waals surface area contributed by atoms with Crippen LogP contribution in [-0.2, 0) is 13.2 Å². The van der Waals surface area contributed by atoms with Crippen LogP contribution >= 0.6 is 0 Å². The molecule has 1 atom stereocenters. The summed E-state index contributed by atoms with van der Waals surface area (Å²) in [6.07, 6.45) is 1.12. The van der Waals surface area contributed by atoms with Crippen LogP contribution in [0.4, 0.5) is 0 Å². The molecule has 16 heavy (non-hydrogen) atoms. The molecule has 0 fully saturated rings. The molecule has 1 aromatic heterocycles. The Morgan fingerprint density at radius 1 is 1.19 bits per heavy atom. The van der Waals surface area contributed by atoms with Gasteiger partial charge in [-0.1, -0.05) is 6.07 Å². The maximum Gasteiger partial charge on any atom is 0.0949 e. The topological polar surface area (TPSA) is 65.6 Å². The van der Waals surface area contributed by atoms with E-state index in [1.54, 1.807) is 0 Å². The molecule has 0 saturated heterocycles. The van der Waals surface area contributed by atoms with E-state index in [0.29, 0.717) is 6.54 Å². The summed E-state index contributed by atoms with van der Waals surface area (Å²) in [5.41, 5.74) is 1.86. The van der Waals surface area contributed by atoms with Gasteiger partial charge in [0.25, 0.3) is 0 Å². The summed E-state index contributed by atoms with van der Waals surface area (Å²) >= 11 is 0. The van der Waals surface area contributed by atoms with Crippen molar-refractivity contribution in [3.8, 4) is 0 Å². The molecule has 0 aliphatic carbocycles. The molecule has 0 amide bonds. The van der Waals surface area contributed by atoms with E-state index < -0.39 is 6.10 Å². The molecule has 0 bridgehead atoms. The molecular formula is C12H15NO3. The molecule has 2 rings (SSSR count). The van der Waals surface area contributed by atoms with Crippen LogP contribution in [0.15, 0.2) is 30.5 Å². The Kier molecular flexibility index (Phi) is 3.24. The van der Waals surface area contributed by atoms with Crippen LogP contribution in [0.3, 0.4) is 0 Å². The molecule has 3 N–H and O–H groups in total. The summed E-state index contributed by atoms with van der Waals surface area (Å²) in [6.45, 7) is 0.160. The van der Waals surface area contributed by atoms with Gasteiger partial charge in [-0.05, 0) is 29.1 Å². The van der Waals surface area contributed by atoms with Gasteiger partial charge >= 0.3 is 0 Å². The van der Waals surface area contributed by atoms with Crippen molar-refractivity contribution in [1.82, 2.24) is 4.57 Å². The maximum absolute atomic E-state index is 9.38. The number of fused-ring (bicyclic) bond motifs is 1. The van der Waals surface area contributed by atoms with Gasteiger partial charge in [-0.15, -0.1) is 0 Å². The highest BCUT2D eigenvalue weighted by Crippen LogP contribution is 2.18. The SMILES string of the molecule is OCc1ccc2c(ccn2CC(O)CO)c1. The number of rotatable bonds is 4. The minimum atomic E-state index is -0.742. The Bertz CT molecular complexity index is 478. The van der Waals surface area contributed by atoms with Crippen LogP contribution in [0.1, 0.15) is 5.56 Å². The van der Waals surface area contributed by atoms with Gasteiger partial charge in [0.1, 0.15) is 0 Å². The third-order valence-corrected chi connectivity index (χ3v) is 2.64. The number of nitrogens with zero attached hydrogens (tertiary/aromatic N) is 1. The van der Waals surface area contributed by atoms with E-state index >= 15 is 0 Å². The highest BCUT2D eigenvalue weighted by atomic mass is 16.3. The van der Waals surface area contributed by atoms with Crippen molar-refractivity contribution in [3.63, 3.8) is 0 Å². The fraction of sp³-hybridized carbons (Fsp3) is 0.333. The molecular weight excluding hydrogens is 206 g/mol. The Labute approximate surface area is 93.4 Å². The van der Waals surface area contributed by atoms with Crippen LogP contribution in [0, 0.1) is 0 Å². The van der Waals surface area contributed by atoms with Crippen molar-refractivity contribution in [2.45, 2.75) is 19.3 Å². The summed E-state index contributed by atoms with van der Waals surface area (Å²) in [4.78, 5) is 0. The highest BCUT2D eigenvalue weighted by Gasteiger charge is 2.06.